The Bertz CT molecular complexity index is 474. The summed E-state index contributed by atoms with van der Waals surface area (Å²) in [5.41, 5.74) is 0.530. The Morgan fingerprint density at radius 1 is 1.29 bits per heavy atom. The molecule has 2 N–H and O–H groups in total. The standard InChI is InChI=1S/C11H17FN2O2S/c1-3-13-6-7-14-17(15,16)11-8-10(12)5-4-9(11)2/h4-5,8,13-14H,3,6-7H2,1-2H3. The summed E-state index contributed by atoms with van der Waals surface area (Å²) in [6.45, 7) is 5.18. The largest absolute Gasteiger partial charge is 0.316 e. The van der Waals surface area contributed by atoms with Crippen LogP contribution < -0.4 is 10.0 Å². The number of aryl methyl sites for hydroxylation is 1. The number of sulfonamides is 1. The second-order valence-electron chi connectivity index (χ2n) is 3.66. The maximum Gasteiger partial charge on any atom is 0.240 e. The van der Waals surface area contributed by atoms with Crippen LogP contribution in [0.3, 0.4) is 0 Å². The molecule has 0 saturated heterocycles. The number of hydrogen-bond donors (Lipinski definition) is 2. The van der Waals surface area contributed by atoms with Crippen molar-refractivity contribution >= 4 is 10.0 Å². The zero-order valence-electron chi connectivity index (χ0n) is 9.96. The van der Waals surface area contributed by atoms with Crippen molar-refractivity contribution < 1.29 is 12.8 Å². The molecule has 6 heteroatoms. The lowest BCUT2D eigenvalue weighted by molar-refractivity contribution is 0.573. The van der Waals surface area contributed by atoms with Crippen LogP contribution in [0.15, 0.2) is 23.1 Å². The van der Waals surface area contributed by atoms with E-state index in [1.54, 1.807) is 6.92 Å². The van der Waals surface area contributed by atoms with Gasteiger partial charge in [0.15, 0.2) is 0 Å². The Morgan fingerprint density at radius 3 is 2.65 bits per heavy atom. The summed E-state index contributed by atoms with van der Waals surface area (Å²) >= 11 is 0. The molecule has 0 amide bonds. The highest BCUT2D eigenvalue weighted by molar-refractivity contribution is 7.89. The molecule has 1 rings (SSSR count). The van der Waals surface area contributed by atoms with E-state index in [0.29, 0.717) is 12.1 Å². The van der Waals surface area contributed by atoms with Crippen molar-refractivity contribution in [2.45, 2.75) is 18.7 Å². The molecule has 0 saturated carbocycles. The molecular weight excluding hydrogens is 243 g/mol. The van der Waals surface area contributed by atoms with E-state index in [0.717, 1.165) is 12.6 Å². The van der Waals surface area contributed by atoms with Gasteiger partial charge in [-0.25, -0.2) is 17.5 Å². The van der Waals surface area contributed by atoms with Crippen LogP contribution in [0.4, 0.5) is 4.39 Å². The molecule has 0 aromatic heterocycles. The van der Waals surface area contributed by atoms with E-state index in [1.165, 1.54) is 12.1 Å². The van der Waals surface area contributed by atoms with Crippen LogP contribution in [-0.2, 0) is 10.0 Å². The SMILES string of the molecule is CCNCCNS(=O)(=O)c1cc(F)ccc1C. The molecule has 0 aliphatic carbocycles. The average molecular weight is 260 g/mol. The summed E-state index contributed by atoms with van der Waals surface area (Å²) in [5.74, 6) is -0.553. The predicted octanol–water partition coefficient (Wildman–Crippen LogP) is 1.02. The van der Waals surface area contributed by atoms with E-state index in [2.05, 4.69) is 10.0 Å². The Labute approximate surface area is 101 Å². The van der Waals surface area contributed by atoms with Gasteiger partial charge in [0.05, 0.1) is 4.90 Å². The minimum atomic E-state index is -3.62. The Kier molecular flexibility index (Phi) is 5.04. The van der Waals surface area contributed by atoms with Gasteiger partial charge in [-0.1, -0.05) is 13.0 Å². The number of hydrogen-bond acceptors (Lipinski definition) is 3. The molecule has 0 aliphatic heterocycles. The fourth-order valence-corrected chi connectivity index (χ4v) is 2.68. The molecular formula is C11H17FN2O2S. The van der Waals surface area contributed by atoms with Crippen LogP contribution in [0.5, 0.6) is 0 Å². The molecule has 0 heterocycles. The van der Waals surface area contributed by atoms with Crippen molar-refractivity contribution in [1.29, 1.82) is 0 Å². The van der Waals surface area contributed by atoms with Gasteiger partial charge < -0.3 is 5.32 Å². The van der Waals surface area contributed by atoms with Crippen LogP contribution in [0.25, 0.3) is 0 Å². The summed E-state index contributed by atoms with van der Waals surface area (Å²) in [6, 6.07) is 3.73. The molecule has 0 fully saturated rings. The molecule has 0 unspecified atom stereocenters. The lowest BCUT2D eigenvalue weighted by atomic mass is 10.2. The lowest BCUT2D eigenvalue weighted by Gasteiger charge is -2.09. The van der Waals surface area contributed by atoms with Gasteiger partial charge in [0.25, 0.3) is 0 Å². The van der Waals surface area contributed by atoms with E-state index < -0.39 is 15.8 Å². The highest BCUT2D eigenvalue weighted by atomic mass is 32.2. The smallest absolute Gasteiger partial charge is 0.240 e. The predicted molar refractivity (Wildman–Crippen MR) is 64.9 cm³/mol. The van der Waals surface area contributed by atoms with Gasteiger partial charge in [-0.15, -0.1) is 0 Å². The van der Waals surface area contributed by atoms with Crippen LogP contribution in [0, 0.1) is 12.7 Å². The molecule has 96 valence electrons. The van der Waals surface area contributed by atoms with E-state index >= 15 is 0 Å². The number of benzene rings is 1. The second kappa shape index (κ2) is 6.09. The molecule has 1 aromatic carbocycles. The van der Waals surface area contributed by atoms with Gasteiger partial charge in [0, 0.05) is 13.1 Å². The highest BCUT2D eigenvalue weighted by Gasteiger charge is 2.16. The first-order chi connectivity index (χ1) is 7.97. The normalized spacial score (nSPS) is 11.7. The van der Waals surface area contributed by atoms with Gasteiger partial charge >= 0.3 is 0 Å². The third kappa shape index (κ3) is 4.07. The van der Waals surface area contributed by atoms with Crippen LogP contribution in [0.2, 0.25) is 0 Å². The van der Waals surface area contributed by atoms with Crippen molar-refractivity contribution in [3.63, 3.8) is 0 Å². The van der Waals surface area contributed by atoms with Crippen molar-refractivity contribution in [3.8, 4) is 0 Å². The third-order valence-electron chi connectivity index (χ3n) is 2.28. The number of likely N-dealkylation sites (N-methyl/N-ethyl adjacent to an activating group) is 1. The number of nitrogens with one attached hydrogen (secondary N) is 2. The van der Waals surface area contributed by atoms with Gasteiger partial charge in [-0.3, -0.25) is 0 Å². The summed E-state index contributed by atoms with van der Waals surface area (Å²) in [6.07, 6.45) is 0. The first kappa shape index (κ1) is 14.1. The van der Waals surface area contributed by atoms with Crippen LogP contribution in [0.1, 0.15) is 12.5 Å². The Hall–Kier alpha value is -0.980. The molecule has 4 nitrogen and oxygen atoms in total. The number of halogens is 1. The van der Waals surface area contributed by atoms with Gasteiger partial charge in [0.2, 0.25) is 10.0 Å². The van der Waals surface area contributed by atoms with Gasteiger partial charge in [-0.05, 0) is 31.2 Å². The fourth-order valence-electron chi connectivity index (χ4n) is 1.39. The van der Waals surface area contributed by atoms with Crippen molar-refractivity contribution in [2.75, 3.05) is 19.6 Å². The molecule has 17 heavy (non-hydrogen) atoms. The summed E-state index contributed by atoms with van der Waals surface area (Å²) in [7, 11) is -3.62. The monoisotopic (exact) mass is 260 g/mol. The van der Waals surface area contributed by atoms with E-state index in [1.807, 2.05) is 6.92 Å². The molecule has 0 spiro atoms. The zero-order chi connectivity index (χ0) is 12.9. The first-order valence-electron chi connectivity index (χ1n) is 5.44. The molecule has 1 aromatic rings. The van der Waals surface area contributed by atoms with Crippen LogP contribution >= 0.6 is 0 Å². The summed E-state index contributed by atoms with van der Waals surface area (Å²) in [4.78, 5) is -0.00556. The lowest BCUT2D eigenvalue weighted by Crippen LogP contribution is -2.32. The van der Waals surface area contributed by atoms with Crippen LogP contribution in [-0.4, -0.2) is 28.1 Å². The average Bonchev–Trinajstić information content (AvgIpc) is 2.28. The molecule has 0 atom stereocenters. The van der Waals surface area contributed by atoms with Gasteiger partial charge in [0.1, 0.15) is 5.82 Å². The van der Waals surface area contributed by atoms with E-state index in [9.17, 15) is 12.8 Å². The quantitative estimate of drug-likeness (QED) is 0.751. The maximum atomic E-state index is 13.0. The van der Waals surface area contributed by atoms with Crippen molar-refractivity contribution in [3.05, 3.63) is 29.6 Å². The minimum Gasteiger partial charge on any atom is -0.316 e. The first-order valence-corrected chi connectivity index (χ1v) is 6.92. The summed E-state index contributed by atoms with van der Waals surface area (Å²) < 4.78 is 39.2. The zero-order valence-corrected chi connectivity index (χ0v) is 10.8. The number of rotatable bonds is 6. The van der Waals surface area contributed by atoms with Gasteiger partial charge in [-0.2, -0.15) is 0 Å². The minimum absolute atomic E-state index is 0.00556. The molecule has 0 radical (unpaired) electrons. The Balaban J connectivity index is 2.79. The van der Waals surface area contributed by atoms with E-state index in [4.69, 9.17) is 0 Å². The fraction of sp³-hybridized carbons (Fsp3) is 0.455. The molecule has 0 bridgehead atoms. The molecule has 0 aliphatic rings. The maximum absolute atomic E-state index is 13.0. The van der Waals surface area contributed by atoms with Crippen molar-refractivity contribution in [2.24, 2.45) is 0 Å². The van der Waals surface area contributed by atoms with Crippen molar-refractivity contribution in [1.82, 2.24) is 10.0 Å². The van der Waals surface area contributed by atoms with E-state index in [-0.39, 0.29) is 11.4 Å². The third-order valence-corrected chi connectivity index (χ3v) is 3.89. The highest BCUT2D eigenvalue weighted by Crippen LogP contribution is 2.15. The topological polar surface area (TPSA) is 58.2 Å². The Morgan fingerprint density at radius 2 is 2.00 bits per heavy atom. The second-order valence-corrected chi connectivity index (χ2v) is 5.40. The summed E-state index contributed by atoms with van der Waals surface area (Å²) in [5, 5.41) is 3.00.